The normalized spacial score (nSPS) is 41.3. The highest BCUT2D eigenvalue weighted by Crippen LogP contribution is 2.68. The van der Waals surface area contributed by atoms with Gasteiger partial charge in [-0.2, -0.15) is 0 Å². The van der Waals surface area contributed by atoms with Crippen molar-refractivity contribution >= 4 is 5.57 Å². The van der Waals surface area contributed by atoms with E-state index >= 15 is 0 Å². The zero-order valence-electron chi connectivity index (χ0n) is 22.3. The molecule has 0 aliphatic heterocycles. The number of nitrogens with zero attached hydrogens (tertiary/aromatic N) is 3. The molecule has 3 saturated carbocycles. The summed E-state index contributed by atoms with van der Waals surface area (Å²) in [4.78, 5) is 0. The average molecular weight is 452 g/mol. The lowest BCUT2D eigenvalue weighted by Crippen LogP contribution is -2.52. The molecule has 4 aliphatic rings. The molecule has 0 N–H and O–H groups in total. The van der Waals surface area contributed by atoms with Gasteiger partial charge in [-0.25, -0.2) is 0 Å². The molecule has 0 unspecified atom stereocenters. The third-order valence-corrected chi connectivity index (χ3v) is 11.5. The Morgan fingerprint density at radius 2 is 1.79 bits per heavy atom. The quantitative estimate of drug-likeness (QED) is 0.439. The first-order chi connectivity index (χ1) is 15.7. The molecule has 4 aliphatic carbocycles. The number of rotatable bonds is 6. The maximum Gasteiger partial charge on any atom is 0.108 e. The molecule has 0 saturated heterocycles. The van der Waals surface area contributed by atoms with Crippen molar-refractivity contribution < 1.29 is 0 Å². The molecule has 3 fully saturated rings. The second-order valence-corrected chi connectivity index (χ2v) is 13.6. The van der Waals surface area contributed by atoms with E-state index in [0.29, 0.717) is 10.8 Å². The fraction of sp³-hybridized carbons (Fsp3) is 0.867. The van der Waals surface area contributed by atoms with Gasteiger partial charge >= 0.3 is 0 Å². The summed E-state index contributed by atoms with van der Waals surface area (Å²) < 4.78 is 1.85. The summed E-state index contributed by atoms with van der Waals surface area (Å²) in [7, 11) is 1.98. The van der Waals surface area contributed by atoms with Crippen molar-refractivity contribution in [1.29, 1.82) is 0 Å². The zero-order valence-corrected chi connectivity index (χ0v) is 22.3. The minimum atomic E-state index is 0.497. The Labute approximate surface area is 203 Å². The van der Waals surface area contributed by atoms with Crippen molar-refractivity contribution in [2.24, 2.45) is 59.3 Å². The van der Waals surface area contributed by atoms with E-state index in [1.807, 2.05) is 11.7 Å². The molecule has 5 rings (SSSR count). The minimum absolute atomic E-state index is 0.497. The third kappa shape index (κ3) is 4.04. The van der Waals surface area contributed by atoms with Crippen molar-refractivity contribution in [3.63, 3.8) is 0 Å². The minimum Gasteiger partial charge on any atom is -0.255 e. The van der Waals surface area contributed by atoms with Crippen LogP contribution in [0.3, 0.4) is 0 Å². The van der Waals surface area contributed by atoms with Gasteiger partial charge in [0.2, 0.25) is 0 Å². The van der Waals surface area contributed by atoms with Crippen molar-refractivity contribution in [2.75, 3.05) is 0 Å². The van der Waals surface area contributed by atoms with Gasteiger partial charge in [-0.3, -0.25) is 4.68 Å². The number of allylic oxidation sites excluding steroid dienone is 2. The zero-order chi connectivity index (χ0) is 23.4. The predicted octanol–water partition coefficient (Wildman–Crippen LogP) is 7.93. The maximum absolute atomic E-state index is 4.43. The molecule has 33 heavy (non-hydrogen) atoms. The van der Waals surface area contributed by atoms with Crippen molar-refractivity contribution in [2.45, 2.75) is 105 Å². The number of aromatic nitrogens is 3. The topological polar surface area (TPSA) is 30.7 Å². The van der Waals surface area contributed by atoms with E-state index in [1.165, 1.54) is 76.2 Å². The van der Waals surface area contributed by atoms with E-state index in [-0.39, 0.29) is 0 Å². The monoisotopic (exact) mass is 451 g/mol. The summed E-state index contributed by atoms with van der Waals surface area (Å²) in [5.74, 6) is 6.46. The van der Waals surface area contributed by atoms with Gasteiger partial charge in [-0.05, 0) is 109 Å². The maximum atomic E-state index is 4.43. The second-order valence-electron chi connectivity index (χ2n) is 13.6. The molecule has 0 aromatic carbocycles. The van der Waals surface area contributed by atoms with Gasteiger partial charge in [-0.15, -0.1) is 5.10 Å². The molecule has 8 atom stereocenters. The summed E-state index contributed by atoms with van der Waals surface area (Å²) in [6.45, 7) is 12.8. The van der Waals surface area contributed by atoms with Crippen LogP contribution < -0.4 is 0 Å². The van der Waals surface area contributed by atoms with Crippen LogP contribution in [0.4, 0.5) is 0 Å². The first-order valence-electron chi connectivity index (χ1n) is 14.3. The molecule has 3 nitrogen and oxygen atoms in total. The molecule has 1 aromatic heterocycles. The number of fused-ring (bicyclic) bond motifs is 5. The molecular weight excluding hydrogens is 402 g/mol. The molecule has 0 amide bonds. The molecule has 0 spiro atoms. The van der Waals surface area contributed by atoms with Crippen LogP contribution in [0.15, 0.2) is 12.3 Å². The van der Waals surface area contributed by atoms with E-state index in [9.17, 15) is 0 Å². The lowest BCUT2D eigenvalue weighted by molar-refractivity contribution is -0.0999. The number of hydrogen-bond donors (Lipinski definition) is 0. The summed E-state index contributed by atoms with van der Waals surface area (Å²) in [5, 5.41) is 8.63. The Hall–Kier alpha value is -1.12. The van der Waals surface area contributed by atoms with Crippen LogP contribution in [0.1, 0.15) is 111 Å². The van der Waals surface area contributed by atoms with Crippen LogP contribution >= 0.6 is 0 Å². The highest BCUT2D eigenvalue weighted by Gasteiger charge is 2.60. The van der Waals surface area contributed by atoms with Crippen LogP contribution in [0.25, 0.3) is 5.57 Å². The van der Waals surface area contributed by atoms with E-state index in [0.717, 1.165) is 47.1 Å². The summed E-state index contributed by atoms with van der Waals surface area (Å²) in [5.41, 5.74) is 3.68. The summed E-state index contributed by atoms with van der Waals surface area (Å²) in [6.07, 6.45) is 20.3. The van der Waals surface area contributed by atoms with Gasteiger partial charge in [0.15, 0.2) is 0 Å². The Kier molecular flexibility index (Phi) is 6.32. The van der Waals surface area contributed by atoms with Gasteiger partial charge < -0.3 is 0 Å². The van der Waals surface area contributed by atoms with E-state index in [1.54, 1.807) is 0 Å². The van der Waals surface area contributed by atoms with E-state index in [4.69, 9.17) is 0 Å². The van der Waals surface area contributed by atoms with Gasteiger partial charge in [0.25, 0.3) is 0 Å². The van der Waals surface area contributed by atoms with E-state index in [2.05, 4.69) is 57.2 Å². The fourth-order valence-electron chi connectivity index (χ4n) is 9.61. The first kappa shape index (κ1) is 23.6. The highest BCUT2D eigenvalue weighted by atomic mass is 15.4. The molecule has 1 aromatic rings. The predicted molar refractivity (Wildman–Crippen MR) is 137 cm³/mol. The number of aryl methyl sites for hydroxylation is 1. The molecular formula is C30H49N3. The van der Waals surface area contributed by atoms with Crippen molar-refractivity contribution in [3.8, 4) is 0 Å². The Bertz CT molecular complexity index is 868. The van der Waals surface area contributed by atoms with E-state index < -0.39 is 0 Å². The molecule has 1 heterocycles. The number of hydrogen-bond acceptors (Lipinski definition) is 2. The van der Waals surface area contributed by atoms with Gasteiger partial charge in [-0.1, -0.05) is 65.2 Å². The summed E-state index contributed by atoms with van der Waals surface area (Å²) >= 11 is 0. The standard InChI is InChI=1S/C30H49N3/c1-20(2)8-7-9-21(3)25-12-13-26-24-11-10-23-18-22(28-19-33(6)32-31-28)14-16-29(23,4)27(24)15-17-30(25,26)5/h14,19-21,23-27H,7-13,15-18H2,1-6H3/t21-,23+,24+,25-,26+,27+,29+,30-/m1/s1. The summed E-state index contributed by atoms with van der Waals surface area (Å²) in [6, 6.07) is 0. The SMILES string of the molecule is CC(C)CCC[C@@H](C)[C@H]1CC[C@H]2[C@@H]3CC[C@H]4CC(c5cn(C)nn5)=CC[C@]4(C)[C@H]3CC[C@]12C. The first-order valence-corrected chi connectivity index (χ1v) is 14.3. The van der Waals surface area contributed by atoms with Crippen LogP contribution in [0.5, 0.6) is 0 Å². The smallest absolute Gasteiger partial charge is 0.108 e. The van der Waals surface area contributed by atoms with Gasteiger partial charge in [0, 0.05) is 7.05 Å². The lowest BCUT2D eigenvalue weighted by atomic mass is 9.44. The van der Waals surface area contributed by atoms with Crippen molar-refractivity contribution in [1.82, 2.24) is 15.0 Å². The fourth-order valence-corrected chi connectivity index (χ4v) is 9.61. The lowest BCUT2D eigenvalue weighted by Gasteiger charge is -2.60. The Morgan fingerprint density at radius 3 is 2.52 bits per heavy atom. The van der Waals surface area contributed by atoms with Crippen LogP contribution in [-0.4, -0.2) is 15.0 Å². The largest absolute Gasteiger partial charge is 0.255 e. The van der Waals surface area contributed by atoms with Gasteiger partial charge in [0.05, 0.1) is 6.20 Å². The van der Waals surface area contributed by atoms with Crippen molar-refractivity contribution in [3.05, 3.63) is 18.0 Å². The Morgan fingerprint density at radius 1 is 1.00 bits per heavy atom. The second kappa shape index (κ2) is 8.83. The molecule has 0 radical (unpaired) electrons. The molecule has 184 valence electrons. The van der Waals surface area contributed by atoms with Crippen LogP contribution in [-0.2, 0) is 7.05 Å². The highest BCUT2D eigenvalue weighted by molar-refractivity contribution is 5.63. The van der Waals surface area contributed by atoms with Crippen LogP contribution in [0, 0.1) is 52.3 Å². The average Bonchev–Trinajstić information content (AvgIpc) is 3.35. The van der Waals surface area contributed by atoms with Gasteiger partial charge in [0.1, 0.15) is 5.69 Å². The Balaban J connectivity index is 1.30. The molecule has 3 heteroatoms. The van der Waals surface area contributed by atoms with Crippen LogP contribution in [0.2, 0.25) is 0 Å². The molecule has 0 bridgehead atoms. The third-order valence-electron chi connectivity index (χ3n) is 11.5.